The van der Waals surface area contributed by atoms with Gasteiger partial charge in [-0.2, -0.15) is 0 Å². The zero-order valence-electron chi connectivity index (χ0n) is 10.6. The molecular formula is C11H19NO5. The monoisotopic (exact) mass is 245 g/mol. The van der Waals surface area contributed by atoms with Crippen molar-refractivity contribution in [3.05, 3.63) is 0 Å². The van der Waals surface area contributed by atoms with Crippen LogP contribution in [0.1, 0.15) is 27.2 Å². The highest BCUT2D eigenvalue weighted by Crippen LogP contribution is 2.31. The van der Waals surface area contributed by atoms with Crippen molar-refractivity contribution in [3.63, 3.8) is 0 Å². The number of esters is 1. The maximum Gasteiger partial charge on any atom is 0.338 e. The highest BCUT2D eigenvalue weighted by Gasteiger charge is 2.57. The zero-order valence-corrected chi connectivity index (χ0v) is 10.6. The number of ether oxygens (including phenoxy) is 1. The Morgan fingerprint density at radius 1 is 1.41 bits per heavy atom. The molecule has 6 heteroatoms. The summed E-state index contributed by atoms with van der Waals surface area (Å²) in [6.45, 7) is 5.16. The van der Waals surface area contributed by atoms with Gasteiger partial charge in [-0.3, -0.25) is 4.90 Å². The van der Waals surface area contributed by atoms with E-state index in [1.165, 1.54) is 11.9 Å². The number of likely N-dealkylation sites (tertiary alicyclic amines) is 1. The average molecular weight is 245 g/mol. The fourth-order valence-corrected chi connectivity index (χ4v) is 1.97. The van der Waals surface area contributed by atoms with Crippen LogP contribution in [-0.4, -0.2) is 57.9 Å². The minimum absolute atomic E-state index is 0.144. The summed E-state index contributed by atoms with van der Waals surface area (Å²) in [4.78, 5) is 24.7. The molecule has 0 saturated carbocycles. The summed E-state index contributed by atoms with van der Waals surface area (Å²) in [5, 5.41) is 18.8. The minimum Gasteiger partial charge on any atom is -0.479 e. The Morgan fingerprint density at radius 2 is 1.94 bits per heavy atom. The van der Waals surface area contributed by atoms with Gasteiger partial charge in [-0.1, -0.05) is 0 Å². The molecule has 2 atom stereocenters. The molecule has 0 aliphatic carbocycles. The van der Waals surface area contributed by atoms with Crippen molar-refractivity contribution in [1.29, 1.82) is 0 Å². The Bertz CT molecular complexity index is 335. The molecule has 17 heavy (non-hydrogen) atoms. The Hall–Kier alpha value is -1.14. The first-order chi connectivity index (χ1) is 7.59. The standard InChI is InChI=1S/C11H19NO5/c1-10(2,3)17-9(16)11(8(14)15)5-7(13)6-12(11)4/h7,13H,5-6H2,1-4H3,(H,14,15). The third kappa shape index (κ3) is 2.58. The molecule has 1 aliphatic heterocycles. The highest BCUT2D eigenvalue weighted by molar-refractivity contribution is 6.04. The summed E-state index contributed by atoms with van der Waals surface area (Å²) in [5.74, 6) is -2.11. The van der Waals surface area contributed by atoms with Gasteiger partial charge < -0.3 is 14.9 Å². The van der Waals surface area contributed by atoms with Gasteiger partial charge in [-0.15, -0.1) is 0 Å². The normalized spacial score (nSPS) is 30.3. The van der Waals surface area contributed by atoms with Crippen molar-refractivity contribution in [1.82, 2.24) is 4.90 Å². The number of carbonyl (C=O) groups excluding carboxylic acids is 1. The van der Waals surface area contributed by atoms with Crippen molar-refractivity contribution >= 4 is 11.9 Å². The van der Waals surface area contributed by atoms with Crippen LogP contribution in [-0.2, 0) is 14.3 Å². The Balaban J connectivity index is 3.02. The molecule has 6 nitrogen and oxygen atoms in total. The van der Waals surface area contributed by atoms with Gasteiger partial charge >= 0.3 is 11.9 Å². The molecule has 0 aromatic heterocycles. The number of hydrogen-bond donors (Lipinski definition) is 2. The number of rotatable bonds is 2. The summed E-state index contributed by atoms with van der Waals surface area (Å²) in [6, 6.07) is 0. The predicted octanol–water partition coefficient (Wildman–Crippen LogP) is -0.152. The summed E-state index contributed by atoms with van der Waals surface area (Å²) >= 11 is 0. The van der Waals surface area contributed by atoms with Gasteiger partial charge in [0.2, 0.25) is 5.54 Å². The molecule has 0 aromatic rings. The number of carboxylic acid groups (broad SMARTS) is 1. The van der Waals surface area contributed by atoms with Gasteiger partial charge in [-0.05, 0) is 27.8 Å². The molecule has 2 unspecified atom stereocenters. The first-order valence-electron chi connectivity index (χ1n) is 5.46. The average Bonchev–Trinajstić information content (AvgIpc) is 2.38. The van der Waals surface area contributed by atoms with Crippen LogP contribution in [0.3, 0.4) is 0 Å². The molecule has 0 radical (unpaired) electrons. The van der Waals surface area contributed by atoms with Gasteiger partial charge in [0.1, 0.15) is 5.60 Å². The number of carbonyl (C=O) groups is 2. The second kappa shape index (κ2) is 4.27. The smallest absolute Gasteiger partial charge is 0.338 e. The maximum atomic E-state index is 12.0. The summed E-state index contributed by atoms with van der Waals surface area (Å²) in [7, 11) is 1.49. The fourth-order valence-electron chi connectivity index (χ4n) is 1.97. The molecule has 1 fully saturated rings. The third-order valence-electron chi connectivity index (χ3n) is 2.76. The molecule has 0 aromatic carbocycles. The van der Waals surface area contributed by atoms with Gasteiger partial charge in [-0.25, -0.2) is 9.59 Å². The number of aliphatic carboxylic acids is 1. The van der Waals surface area contributed by atoms with Crippen molar-refractivity contribution < 1.29 is 24.5 Å². The Morgan fingerprint density at radius 3 is 2.24 bits per heavy atom. The minimum atomic E-state index is -1.77. The van der Waals surface area contributed by atoms with Gasteiger partial charge in [0, 0.05) is 13.0 Å². The van der Waals surface area contributed by atoms with Gasteiger partial charge in [0.25, 0.3) is 0 Å². The molecule has 0 bridgehead atoms. The van der Waals surface area contributed by atoms with Crippen molar-refractivity contribution in [2.75, 3.05) is 13.6 Å². The summed E-state index contributed by atoms with van der Waals surface area (Å²) < 4.78 is 5.13. The molecule has 1 heterocycles. The lowest BCUT2D eigenvalue weighted by atomic mass is 9.95. The Labute approximate surface area is 100 Å². The maximum absolute atomic E-state index is 12.0. The predicted molar refractivity (Wildman–Crippen MR) is 59.5 cm³/mol. The molecule has 2 N–H and O–H groups in total. The van der Waals surface area contributed by atoms with E-state index in [0.717, 1.165) is 0 Å². The van der Waals surface area contributed by atoms with Crippen LogP contribution in [0.5, 0.6) is 0 Å². The van der Waals surface area contributed by atoms with E-state index in [4.69, 9.17) is 4.74 Å². The van der Waals surface area contributed by atoms with Gasteiger partial charge in [0.15, 0.2) is 0 Å². The molecular weight excluding hydrogens is 226 g/mol. The first-order valence-corrected chi connectivity index (χ1v) is 5.46. The lowest BCUT2D eigenvalue weighted by Crippen LogP contribution is -2.57. The highest BCUT2D eigenvalue weighted by atomic mass is 16.6. The summed E-state index contributed by atoms with van der Waals surface area (Å²) in [6.07, 6.45) is -0.975. The fraction of sp³-hybridized carbons (Fsp3) is 0.818. The van der Waals surface area contributed by atoms with E-state index in [2.05, 4.69) is 0 Å². The van der Waals surface area contributed by atoms with Crippen LogP contribution in [0.2, 0.25) is 0 Å². The number of β-amino-alcohol motifs (C(OH)–C–C–N with tert-alkyl or cyclic N) is 1. The molecule has 0 spiro atoms. The molecule has 0 amide bonds. The zero-order chi connectivity index (χ0) is 13.4. The van der Waals surface area contributed by atoms with E-state index in [0.29, 0.717) is 0 Å². The van der Waals surface area contributed by atoms with Crippen molar-refractivity contribution in [2.24, 2.45) is 0 Å². The number of aliphatic hydroxyl groups is 1. The number of hydrogen-bond acceptors (Lipinski definition) is 5. The quantitative estimate of drug-likeness (QED) is 0.519. The molecule has 98 valence electrons. The second-order valence-electron chi connectivity index (χ2n) is 5.41. The van der Waals surface area contributed by atoms with Crippen LogP contribution in [0.4, 0.5) is 0 Å². The van der Waals surface area contributed by atoms with Crippen LogP contribution in [0, 0.1) is 0 Å². The lowest BCUT2D eigenvalue weighted by molar-refractivity contribution is -0.176. The number of aliphatic hydroxyl groups excluding tert-OH is 1. The van der Waals surface area contributed by atoms with Gasteiger partial charge in [0.05, 0.1) is 6.10 Å². The number of carboxylic acids is 1. The largest absolute Gasteiger partial charge is 0.479 e. The van der Waals surface area contributed by atoms with Crippen molar-refractivity contribution in [2.45, 2.75) is 44.4 Å². The lowest BCUT2D eigenvalue weighted by Gasteiger charge is -2.32. The van der Waals surface area contributed by atoms with Crippen LogP contribution < -0.4 is 0 Å². The van der Waals surface area contributed by atoms with E-state index in [1.54, 1.807) is 20.8 Å². The topological polar surface area (TPSA) is 87.1 Å². The molecule has 1 aliphatic rings. The molecule has 1 saturated heterocycles. The van der Waals surface area contributed by atoms with Crippen LogP contribution in [0.25, 0.3) is 0 Å². The van der Waals surface area contributed by atoms with E-state index in [1.807, 2.05) is 0 Å². The Kier molecular flexibility index (Phi) is 3.50. The SMILES string of the molecule is CN1CC(O)CC1(C(=O)O)C(=O)OC(C)(C)C. The number of nitrogens with zero attached hydrogens (tertiary/aromatic N) is 1. The summed E-state index contributed by atoms with van der Waals surface area (Å²) in [5.41, 5.74) is -2.53. The molecule has 1 rings (SSSR count). The van der Waals surface area contributed by atoms with E-state index in [-0.39, 0.29) is 13.0 Å². The first kappa shape index (κ1) is 13.9. The van der Waals surface area contributed by atoms with Crippen molar-refractivity contribution in [3.8, 4) is 0 Å². The van der Waals surface area contributed by atoms with E-state index < -0.39 is 29.2 Å². The van der Waals surface area contributed by atoms with E-state index >= 15 is 0 Å². The van der Waals surface area contributed by atoms with Crippen LogP contribution >= 0.6 is 0 Å². The second-order valence-corrected chi connectivity index (χ2v) is 5.41. The van der Waals surface area contributed by atoms with Crippen LogP contribution in [0.15, 0.2) is 0 Å². The number of likely N-dealkylation sites (N-methyl/N-ethyl adjacent to an activating group) is 1. The third-order valence-corrected chi connectivity index (χ3v) is 2.76. The van der Waals surface area contributed by atoms with E-state index in [9.17, 15) is 19.8 Å².